The van der Waals surface area contributed by atoms with E-state index in [1.54, 1.807) is 0 Å². The van der Waals surface area contributed by atoms with E-state index in [2.05, 4.69) is 178 Å². The zero-order valence-electron chi connectivity index (χ0n) is 29.7. The van der Waals surface area contributed by atoms with E-state index in [0.717, 1.165) is 25.9 Å². The molecule has 0 saturated carbocycles. The zero-order chi connectivity index (χ0) is 39.4. The SMILES string of the molecule is C=CC(c1ccccc1)[n+]1ccc(-c2cc[n+](CCCCN3c4ccccc4N(c4ccccc4)c4ccccc43)cc2)cc1.F[B-](F)(F)F.F[B-](F)(F)F. The van der Waals surface area contributed by atoms with Crippen molar-refractivity contribution < 1.29 is 43.7 Å². The Morgan fingerprint density at radius 2 is 0.945 bits per heavy atom. The minimum Gasteiger partial charge on any atom is -0.418 e. The number of halogens is 8. The van der Waals surface area contributed by atoms with Crippen molar-refractivity contribution in [1.29, 1.82) is 0 Å². The fourth-order valence-electron chi connectivity index (χ4n) is 6.38. The van der Waals surface area contributed by atoms with Crippen LogP contribution in [-0.4, -0.2) is 21.1 Å². The number of pyridine rings is 2. The molecule has 7 rings (SSSR count). The van der Waals surface area contributed by atoms with Gasteiger partial charge in [0, 0.05) is 48.5 Å². The van der Waals surface area contributed by atoms with Crippen LogP contribution in [-0.2, 0) is 6.54 Å². The van der Waals surface area contributed by atoms with Crippen molar-refractivity contribution >= 4 is 42.9 Å². The molecule has 284 valence electrons. The third kappa shape index (κ3) is 11.8. The normalized spacial score (nSPS) is 12.6. The van der Waals surface area contributed by atoms with E-state index >= 15 is 0 Å². The number of hydrogen-bond acceptors (Lipinski definition) is 2. The lowest BCUT2D eigenvalue weighted by molar-refractivity contribution is -0.703. The third-order valence-corrected chi connectivity index (χ3v) is 8.65. The standard InChI is InChI=1S/C41H38N4.2BF4/c1-2-37(35-15-5-3-6-16-35)43-31-25-34(26-32-43)33-23-29-42(30-24-33)27-13-14-28-44-38-19-9-11-21-40(38)45(36-17-7-4-8-18-36)41-22-12-10-20-39(41)44;2*2-1(3,4)5/h2-12,15-26,29-32,37H,1,13-14,27-28H2;;/q+2;2*-1. The second kappa shape index (κ2) is 18.4. The highest BCUT2D eigenvalue weighted by molar-refractivity contribution is 6.50. The summed E-state index contributed by atoms with van der Waals surface area (Å²) >= 11 is 0. The highest BCUT2D eigenvalue weighted by Gasteiger charge is 2.28. The van der Waals surface area contributed by atoms with Gasteiger partial charge in [0.05, 0.1) is 22.7 Å². The molecular formula is C41H38B2F8N4. The Morgan fingerprint density at radius 3 is 1.42 bits per heavy atom. The van der Waals surface area contributed by atoms with E-state index in [1.807, 2.05) is 12.1 Å². The van der Waals surface area contributed by atoms with Crippen molar-refractivity contribution in [3.8, 4) is 11.1 Å². The number of unbranched alkanes of at least 4 members (excludes halogenated alkanes) is 1. The fraction of sp³-hybridized carbons (Fsp3) is 0.122. The molecule has 4 aromatic carbocycles. The molecule has 3 heterocycles. The summed E-state index contributed by atoms with van der Waals surface area (Å²) in [6.07, 6.45) is 12.9. The summed E-state index contributed by atoms with van der Waals surface area (Å²) in [4.78, 5) is 4.88. The average Bonchev–Trinajstić information content (AvgIpc) is 3.16. The maximum absolute atomic E-state index is 9.75. The summed E-state index contributed by atoms with van der Waals surface area (Å²) in [7, 11) is -12.0. The molecule has 2 aromatic heterocycles. The van der Waals surface area contributed by atoms with Crippen LogP contribution in [0.1, 0.15) is 24.4 Å². The van der Waals surface area contributed by atoms with Crippen molar-refractivity contribution in [2.24, 2.45) is 0 Å². The number of para-hydroxylation sites is 5. The van der Waals surface area contributed by atoms with Crippen molar-refractivity contribution in [3.63, 3.8) is 0 Å². The van der Waals surface area contributed by atoms with Gasteiger partial charge >= 0.3 is 14.5 Å². The Kier molecular flexibility index (Phi) is 13.5. The van der Waals surface area contributed by atoms with E-state index in [-0.39, 0.29) is 6.04 Å². The Hall–Kier alpha value is -5.91. The lowest BCUT2D eigenvalue weighted by Crippen LogP contribution is -2.38. The van der Waals surface area contributed by atoms with Gasteiger partial charge in [-0.3, -0.25) is 0 Å². The summed E-state index contributed by atoms with van der Waals surface area (Å²) in [5, 5.41) is 0. The Bertz CT molecular complexity index is 2030. The van der Waals surface area contributed by atoms with Crippen molar-refractivity contribution in [1.82, 2.24) is 0 Å². The topological polar surface area (TPSA) is 14.2 Å². The number of hydrogen-bond donors (Lipinski definition) is 0. The lowest BCUT2D eigenvalue weighted by atomic mass is 10.1. The molecule has 1 aliphatic heterocycles. The van der Waals surface area contributed by atoms with Crippen molar-refractivity contribution in [2.45, 2.75) is 25.4 Å². The Balaban J connectivity index is 0.000000517. The predicted molar refractivity (Wildman–Crippen MR) is 205 cm³/mol. The summed E-state index contributed by atoms with van der Waals surface area (Å²) < 4.78 is 82.5. The van der Waals surface area contributed by atoms with Crippen LogP contribution in [0.2, 0.25) is 0 Å². The molecule has 55 heavy (non-hydrogen) atoms. The molecule has 0 radical (unpaired) electrons. The minimum atomic E-state index is -6.00. The van der Waals surface area contributed by atoms with Gasteiger partial charge in [0.2, 0.25) is 6.04 Å². The van der Waals surface area contributed by atoms with Gasteiger partial charge in [0.25, 0.3) is 0 Å². The number of aromatic nitrogens is 2. The number of benzene rings is 4. The van der Waals surface area contributed by atoms with Crippen molar-refractivity contribution in [3.05, 3.63) is 176 Å². The van der Waals surface area contributed by atoms with Gasteiger partial charge in [-0.05, 0) is 60.0 Å². The van der Waals surface area contributed by atoms with Crippen LogP contribution >= 0.6 is 0 Å². The summed E-state index contributed by atoms with van der Waals surface area (Å²) in [6.45, 7) is 6.02. The van der Waals surface area contributed by atoms with Gasteiger partial charge in [-0.15, -0.1) is 0 Å². The monoisotopic (exact) mass is 760 g/mol. The average molecular weight is 760 g/mol. The molecule has 6 aromatic rings. The van der Waals surface area contributed by atoms with Crippen LogP contribution in [0.25, 0.3) is 11.1 Å². The first-order chi connectivity index (χ1) is 26.3. The second-order valence-corrected chi connectivity index (χ2v) is 12.4. The van der Waals surface area contributed by atoms with Crippen LogP contribution in [0, 0.1) is 0 Å². The molecule has 1 atom stereocenters. The smallest absolute Gasteiger partial charge is 0.418 e. The molecule has 0 bridgehead atoms. The molecule has 1 aliphatic rings. The quantitative estimate of drug-likeness (QED) is 0.0454. The third-order valence-electron chi connectivity index (χ3n) is 8.65. The lowest BCUT2D eigenvalue weighted by Gasteiger charge is -2.40. The van der Waals surface area contributed by atoms with Crippen LogP contribution in [0.15, 0.2) is 171 Å². The number of allylic oxidation sites excluding steroid dienone is 1. The van der Waals surface area contributed by atoms with E-state index in [4.69, 9.17) is 0 Å². The summed E-state index contributed by atoms with van der Waals surface area (Å²) in [5.41, 5.74) is 9.79. The maximum atomic E-state index is 9.75. The van der Waals surface area contributed by atoms with Crippen LogP contribution in [0.4, 0.5) is 63.0 Å². The predicted octanol–water partition coefficient (Wildman–Crippen LogP) is 11.7. The van der Waals surface area contributed by atoms with Gasteiger partial charge < -0.3 is 44.3 Å². The van der Waals surface area contributed by atoms with E-state index < -0.39 is 14.5 Å². The second-order valence-electron chi connectivity index (χ2n) is 12.4. The molecular weight excluding hydrogens is 722 g/mol. The number of rotatable bonds is 10. The molecule has 0 fully saturated rings. The first kappa shape index (κ1) is 40.3. The largest absolute Gasteiger partial charge is 0.673 e. The summed E-state index contributed by atoms with van der Waals surface area (Å²) in [6, 6.07) is 47.6. The minimum absolute atomic E-state index is 0.118. The molecule has 0 amide bonds. The van der Waals surface area contributed by atoms with Crippen molar-refractivity contribution in [2.75, 3.05) is 16.3 Å². The van der Waals surface area contributed by atoms with E-state index in [9.17, 15) is 34.5 Å². The Labute approximate surface area is 315 Å². The molecule has 0 saturated heterocycles. The molecule has 1 unspecified atom stereocenters. The zero-order valence-corrected chi connectivity index (χ0v) is 29.7. The van der Waals surface area contributed by atoms with Gasteiger partial charge in [0.15, 0.2) is 24.8 Å². The number of anilines is 5. The van der Waals surface area contributed by atoms with Crippen LogP contribution in [0.5, 0.6) is 0 Å². The van der Waals surface area contributed by atoms with Gasteiger partial charge in [0.1, 0.15) is 6.54 Å². The molecule has 0 spiro atoms. The van der Waals surface area contributed by atoms with E-state index in [0.29, 0.717) is 0 Å². The van der Waals surface area contributed by atoms with Gasteiger partial charge in [-0.25, -0.2) is 4.57 Å². The van der Waals surface area contributed by atoms with Gasteiger partial charge in [-0.1, -0.05) is 79.4 Å². The highest BCUT2D eigenvalue weighted by Crippen LogP contribution is 2.51. The molecule has 0 N–H and O–H groups in total. The highest BCUT2D eigenvalue weighted by atomic mass is 19.5. The number of nitrogens with zero attached hydrogens (tertiary/aromatic N) is 4. The maximum Gasteiger partial charge on any atom is 0.673 e. The Morgan fingerprint density at radius 1 is 0.527 bits per heavy atom. The molecule has 0 aliphatic carbocycles. The number of fused-ring (bicyclic) bond motifs is 2. The fourth-order valence-corrected chi connectivity index (χ4v) is 6.38. The molecule has 14 heteroatoms. The number of aryl methyl sites for hydroxylation is 1. The van der Waals surface area contributed by atoms with Crippen LogP contribution < -0.4 is 18.9 Å². The first-order valence-electron chi connectivity index (χ1n) is 17.5. The van der Waals surface area contributed by atoms with Gasteiger partial charge in [-0.2, -0.15) is 4.57 Å². The summed E-state index contributed by atoms with van der Waals surface area (Å²) in [5.74, 6) is 0. The molecule has 4 nitrogen and oxygen atoms in total. The first-order valence-corrected chi connectivity index (χ1v) is 17.5. The van der Waals surface area contributed by atoms with Crippen LogP contribution in [0.3, 0.4) is 0 Å². The van der Waals surface area contributed by atoms with E-state index in [1.165, 1.54) is 45.1 Å².